The summed E-state index contributed by atoms with van der Waals surface area (Å²) in [5, 5.41) is 6.50. The van der Waals surface area contributed by atoms with Gasteiger partial charge in [-0.3, -0.25) is 14.6 Å². The fourth-order valence-corrected chi connectivity index (χ4v) is 2.67. The number of nitrogens with one attached hydrogen (secondary N) is 2. The van der Waals surface area contributed by atoms with Gasteiger partial charge >= 0.3 is 0 Å². The number of amides is 2. The van der Waals surface area contributed by atoms with Crippen molar-refractivity contribution >= 4 is 39.6 Å². The first-order chi connectivity index (χ1) is 13.5. The Bertz CT molecular complexity index is 1040. The largest absolute Gasteiger partial charge is 0.320 e. The molecule has 0 unspecified atom stereocenters. The summed E-state index contributed by atoms with van der Waals surface area (Å²) in [4.78, 5) is 28.8. The Balaban J connectivity index is 1.76. The highest BCUT2D eigenvalue weighted by Crippen LogP contribution is 2.21. The van der Waals surface area contributed by atoms with E-state index in [4.69, 9.17) is 0 Å². The van der Waals surface area contributed by atoms with Crippen LogP contribution in [0.1, 0.15) is 26.4 Å². The van der Waals surface area contributed by atoms with Crippen LogP contribution in [0.15, 0.2) is 76.4 Å². The van der Waals surface area contributed by atoms with Gasteiger partial charge in [-0.2, -0.15) is 5.10 Å². The summed E-state index contributed by atoms with van der Waals surface area (Å²) >= 11 is 3.30. The standard InChI is InChI=1S/C20H14BrFN4O2/c21-14-7-8-17(25-20(28)18-6-1-2-9-23-18)16(11-14)19(27)26-24-12-13-4-3-5-15(22)10-13/h1-12H,(H,25,28)(H,26,27)/b24-12+. The molecule has 28 heavy (non-hydrogen) atoms. The van der Waals surface area contributed by atoms with Gasteiger partial charge in [-0.05, 0) is 48.0 Å². The van der Waals surface area contributed by atoms with Crippen molar-refractivity contribution in [2.75, 3.05) is 5.32 Å². The number of pyridine rings is 1. The van der Waals surface area contributed by atoms with Gasteiger partial charge < -0.3 is 5.32 Å². The Labute approximate surface area is 168 Å². The molecule has 6 nitrogen and oxygen atoms in total. The maximum absolute atomic E-state index is 13.2. The predicted molar refractivity (Wildman–Crippen MR) is 108 cm³/mol. The van der Waals surface area contributed by atoms with Crippen molar-refractivity contribution in [3.63, 3.8) is 0 Å². The number of anilines is 1. The molecule has 1 aromatic heterocycles. The lowest BCUT2D eigenvalue weighted by Gasteiger charge is -2.10. The minimum atomic E-state index is -0.537. The SMILES string of the molecule is O=C(Nc1ccc(Br)cc1C(=O)N/N=C/c1cccc(F)c1)c1ccccn1. The molecule has 0 saturated heterocycles. The second-order valence-electron chi connectivity index (χ2n) is 5.61. The van der Waals surface area contributed by atoms with Crippen LogP contribution in [0.5, 0.6) is 0 Å². The topological polar surface area (TPSA) is 83.5 Å². The lowest BCUT2D eigenvalue weighted by Crippen LogP contribution is -2.21. The molecule has 3 aromatic rings. The Kier molecular flexibility index (Phi) is 6.23. The number of hydrazone groups is 1. The van der Waals surface area contributed by atoms with Gasteiger partial charge in [-0.15, -0.1) is 0 Å². The number of hydrogen-bond donors (Lipinski definition) is 2. The third-order valence-electron chi connectivity index (χ3n) is 3.60. The smallest absolute Gasteiger partial charge is 0.274 e. The van der Waals surface area contributed by atoms with Gasteiger partial charge in [0.15, 0.2) is 0 Å². The molecule has 0 aliphatic rings. The highest BCUT2D eigenvalue weighted by atomic mass is 79.9. The van der Waals surface area contributed by atoms with Crippen LogP contribution in [-0.4, -0.2) is 23.0 Å². The molecule has 0 atom stereocenters. The van der Waals surface area contributed by atoms with E-state index in [0.717, 1.165) is 0 Å². The van der Waals surface area contributed by atoms with Gasteiger partial charge in [0.1, 0.15) is 11.5 Å². The Morgan fingerprint density at radius 2 is 1.89 bits per heavy atom. The summed E-state index contributed by atoms with van der Waals surface area (Å²) in [5.41, 5.74) is 3.60. The summed E-state index contributed by atoms with van der Waals surface area (Å²) in [6.07, 6.45) is 2.83. The van der Waals surface area contributed by atoms with E-state index in [1.165, 1.54) is 30.6 Å². The van der Waals surface area contributed by atoms with Crippen molar-refractivity contribution in [3.05, 3.63) is 94.0 Å². The van der Waals surface area contributed by atoms with Crippen LogP contribution in [-0.2, 0) is 0 Å². The van der Waals surface area contributed by atoms with E-state index in [-0.39, 0.29) is 11.3 Å². The van der Waals surface area contributed by atoms with Crippen LogP contribution in [0, 0.1) is 5.82 Å². The van der Waals surface area contributed by atoms with E-state index >= 15 is 0 Å². The number of rotatable bonds is 5. The first-order valence-electron chi connectivity index (χ1n) is 8.14. The van der Waals surface area contributed by atoms with Gasteiger partial charge in [-0.1, -0.05) is 34.1 Å². The van der Waals surface area contributed by atoms with Crippen molar-refractivity contribution < 1.29 is 14.0 Å². The molecule has 1 heterocycles. The van der Waals surface area contributed by atoms with Crippen LogP contribution >= 0.6 is 15.9 Å². The molecule has 2 N–H and O–H groups in total. The van der Waals surface area contributed by atoms with E-state index in [1.54, 1.807) is 42.5 Å². The van der Waals surface area contributed by atoms with Crippen molar-refractivity contribution in [1.82, 2.24) is 10.4 Å². The highest BCUT2D eigenvalue weighted by Gasteiger charge is 2.15. The molecule has 2 amide bonds. The summed E-state index contributed by atoms with van der Waals surface area (Å²) in [7, 11) is 0. The van der Waals surface area contributed by atoms with Crippen LogP contribution in [0.3, 0.4) is 0 Å². The summed E-state index contributed by atoms with van der Waals surface area (Å²) in [6.45, 7) is 0. The Morgan fingerprint density at radius 1 is 1.04 bits per heavy atom. The van der Waals surface area contributed by atoms with Crippen molar-refractivity contribution in [3.8, 4) is 0 Å². The molecule has 0 saturated carbocycles. The van der Waals surface area contributed by atoms with Gasteiger partial charge in [0.2, 0.25) is 0 Å². The number of benzene rings is 2. The zero-order valence-electron chi connectivity index (χ0n) is 14.4. The van der Waals surface area contributed by atoms with Gasteiger partial charge in [0, 0.05) is 10.7 Å². The molecule has 0 aliphatic carbocycles. The van der Waals surface area contributed by atoms with Crippen molar-refractivity contribution in [2.45, 2.75) is 0 Å². The highest BCUT2D eigenvalue weighted by molar-refractivity contribution is 9.10. The fraction of sp³-hybridized carbons (Fsp3) is 0. The molecule has 8 heteroatoms. The molecular weight excluding hydrogens is 427 g/mol. The zero-order chi connectivity index (χ0) is 19.9. The Morgan fingerprint density at radius 3 is 2.64 bits per heavy atom. The number of aromatic nitrogens is 1. The van der Waals surface area contributed by atoms with E-state index in [9.17, 15) is 14.0 Å². The molecule has 3 rings (SSSR count). The van der Waals surface area contributed by atoms with E-state index < -0.39 is 17.6 Å². The quantitative estimate of drug-likeness (QED) is 0.464. The maximum atomic E-state index is 13.2. The van der Waals surface area contributed by atoms with Gasteiger partial charge in [-0.25, -0.2) is 9.82 Å². The van der Waals surface area contributed by atoms with Crippen LogP contribution < -0.4 is 10.7 Å². The first kappa shape index (κ1) is 19.4. The van der Waals surface area contributed by atoms with Crippen LogP contribution in [0.4, 0.5) is 10.1 Å². The van der Waals surface area contributed by atoms with Crippen molar-refractivity contribution in [2.24, 2.45) is 5.10 Å². The fourth-order valence-electron chi connectivity index (χ4n) is 2.31. The average Bonchev–Trinajstić information content (AvgIpc) is 2.70. The molecule has 0 aliphatic heterocycles. The molecule has 0 fully saturated rings. The lowest BCUT2D eigenvalue weighted by molar-refractivity contribution is 0.0956. The molecule has 0 radical (unpaired) electrons. The normalized spacial score (nSPS) is 10.6. The van der Waals surface area contributed by atoms with Gasteiger partial charge in [0.25, 0.3) is 11.8 Å². The third-order valence-corrected chi connectivity index (χ3v) is 4.09. The number of carbonyl (C=O) groups is 2. The zero-order valence-corrected chi connectivity index (χ0v) is 16.0. The monoisotopic (exact) mass is 440 g/mol. The molecule has 2 aromatic carbocycles. The van der Waals surface area contributed by atoms with Crippen LogP contribution in [0.25, 0.3) is 0 Å². The van der Waals surface area contributed by atoms with E-state index in [0.29, 0.717) is 15.7 Å². The summed E-state index contributed by atoms with van der Waals surface area (Å²) in [5.74, 6) is -1.38. The number of hydrogen-bond acceptors (Lipinski definition) is 4. The average molecular weight is 441 g/mol. The molecular formula is C20H14BrFN4O2. The Hall–Kier alpha value is -3.39. The summed E-state index contributed by atoms with van der Waals surface area (Å²) < 4.78 is 13.8. The summed E-state index contributed by atoms with van der Waals surface area (Å²) in [6, 6.07) is 15.6. The molecule has 0 spiro atoms. The second-order valence-corrected chi connectivity index (χ2v) is 6.53. The first-order valence-corrected chi connectivity index (χ1v) is 8.93. The number of carbonyl (C=O) groups excluding carboxylic acids is 2. The molecule has 140 valence electrons. The maximum Gasteiger partial charge on any atom is 0.274 e. The predicted octanol–water partition coefficient (Wildman–Crippen LogP) is 4.00. The minimum absolute atomic E-state index is 0.204. The minimum Gasteiger partial charge on any atom is -0.320 e. The van der Waals surface area contributed by atoms with E-state index in [2.05, 4.69) is 36.8 Å². The lowest BCUT2D eigenvalue weighted by atomic mass is 10.1. The number of halogens is 2. The third kappa shape index (κ3) is 5.08. The van der Waals surface area contributed by atoms with E-state index in [1.807, 2.05) is 0 Å². The molecule has 0 bridgehead atoms. The van der Waals surface area contributed by atoms with Crippen LogP contribution in [0.2, 0.25) is 0 Å². The second kappa shape index (κ2) is 9.01. The van der Waals surface area contributed by atoms with Crippen molar-refractivity contribution in [1.29, 1.82) is 0 Å². The number of nitrogens with zero attached hydrogens (tertiary/aromatic N) is 2. The van der Waals surface area contributed by atoms with Gasteiger partial charge in [0.05, 0.1) is 17.5 Å².